The van der Waals surface area contributed by atoms with Gasteiger partial charge in [0.2, 0.25) is 0 Å². The van der Waals surface area contributed by atoms with Crippen LogP contribution in [0.1, 0.15) is 20.7 Å². The Balaban J connectivity index is 1.49. The molecule has 1 amide bonds. The minimum absolute atomic E-state index is 0.0567. The van der Waals surface area contributed by atoms with Crippen LogP contribution in [0, 0.1) is 11.6 Å². The molecule has 8 heteroatoms. The zero-order chi connectivity index (χ0) is 22.7. The summed E-state index contributed by atoms with van der Waals surface area (Å²) in [5, 5.41) is 12.4. The maximum absolute atomic E-state index is 14.1. The van der Waals surface area contributed by atoms with Crippen LogP contribution in [0.2, 0.25) is 0 Å². The number of carbonyl (C=O) groups excluding carboxylic acids is 1. The highest BCUT2D eigenvalue weighted by molar-refractivity contribution is 6.05. The molecular formula is C24H21F2N3O3. The third-order valence-electron chi connectivity index (χ3n) is 5.40. The highest BCUT2D eigenvalue weighted by atomic mass is 19.1. The molecular weight excluding hydrogens is 416 g/mol. The number of aromatic carboxylic acids is 1. The molecule has 0 spiro atoms. The summed E-state index contributed by atoms with van der Waals surface area (Å²) in [6.07, 6.45) is 0. The fourth-order valence-electron chi connectivity index (χ4n) is 3.76. The summed E-state index contributed by atoms with van der Waals surface area (Å²) < 4.78 is 27.1. The third-order valence-corrected chi connectivity index (χ3v) is 5.40. The molecule has 0 bridgehead atoms. The van der Waals surface area contributed by atoms with Crippen LogP contribution >= 0.6 is 0 Å². The number of piperazine rings is 1. The standard InChI is InChI=1S/C24H21F2N3O3/c25-17-7-5-16(6-8-17)23(30)27-18-9-10-21(19(15-18)24(31)32)28-11-13-29(14-12-28)22-4-2-1-3-20(22)26/h1-10,15H,11-14H2,(H,27,30)(H,31,32). The molecule has 6 nitrogen and oxygen atoms in total. The zero-order valence-electron chi connectivity index (χ0n) is 17.1. The molecule has 1 aliphatic heterocycles. The molecule has 3 aromatic rings. The predicted octanol–water partition coefficient (Wildman–Crippen LogP) is 4.24. The Labute approximate surface area is 183 Å². The lowest BCUT2D eigenvalue weighted by molar-refractivity contribution is 0.0697. The number of carboxylic acids is 1. The molecule has 0 unspecified atom stereocenters. The summed E-state index contributed by atoms with van der Waals surface area (Å²) in [5.41, 5.74) is 1.71. The lowest BCUT2D eigenvalue weighted by Crippen LogP contribution is -2.47. The van der Waals surface area contributed by atoms with Crippen LogP contribution in [-0.4, -0.2) is 43.2 Å². The van der Waals surface area contributed by atoms with E-state index in [0.717, 1.165) is 0 Å². The summed E-state index contributed by atoms with van der Waals surface area (Å²) in [5.74, 6) is -2.32. The molecule has 164 valence electrons. The number of para-hydroxylation sites is 1. The third kappa shape index (κ3) is 4.54. The Bertz CT molecular complexity index is 1140. The van der Waals surface area contributed by atoms with Crippen LogP contribution in [0.25, 0.3) is 0 Å². The Morgan fingerprint density at radius 3 is 2.06 bits per heavy atom. The van der Waals surface area contributed by atoms with Gasteiger partial charge in [0.15, 0.2) is 0 Å². The highest BCUT2D eigenvalue weighted by Gasteiger charge is 2.23. The molecule has 1 heterocycles. The average Bonchev–Trinajstić information content (AvgIpc) is 2.80. The van der Waals surface area contributed by atoms with Crippen molar-refractivity contribution in [2.75, 3.05) is 41.3 Å². The van der Waals surface area contributed by atoms with Crippen molar-refractivity contribution < 1.29 is 23.5 Å². The van der Waals surface area contributed by atoms with E-state index >= 15 is 0 Å². The largest absolute Gasteiger partial charge is 0.478 e. The normalized spacial score (nSPS) is 13.7. The zero-order valence-corrected chi connectivity index (χ0v) is 17.1. The number of nitrogens with one attached hydrogen (secondary N) is 1. The van der Waals surface area contributed by atoms with Crippen molar-refractivity contribution in [3.8, 4) is 0 Å². The highest BCUT2D eigenvalue weighted by Crippen LogP contribution is 2.28. The Kier molecular flexibility index (Phi) is 6.02. The van der Waals surface area contributed by atoms with Gasteiger partial charge in [-0.2, -0.15) is 0 Å². The number of benzene rings is 3. The molecule has 1 saturated heterocycles. The van der Waals surface area contributed by atoms with Gasteiger partial charge in [-0.3, -0.25) is 4.79 Å². The SMILES string of the molecule is O=C(Nc1ccc(N2CCN(c3ccccc3F)CC2)c(C(=O)O)c1)c1ccc(F)cc1. The Hall–Kier alpha value is -3.94. The fraction of sp³-hybridized carbons (Fsp3) is 0.167. The second-order valence-corrected chi connectivity index (χ2v) is 7.42. The van der Waals surface area contributed by atoms with E-state index in [-0.39, 0.29) is 16.9 Å². The van der Waals surface area contributed by atoms with Crippen molar-refractivity contribution >= 4 is 28.9 Å². The Morgan fingerprint density at radius 1 is 0.812 bits per heavy atom. The van der Waals surface area contributed by atoms with E-state index in [2.05, 4.69) is 5.32 Å². The number of rotatable bonds is 5. The van der Waals surface area contributed by atoms with Gasteiger partial charge in [-0.25, -0.2) is 13.6 Å². The Morgan fingerprint density at radius 2 is 1.44 bits per heavy atom. The van der Waals surface area contributed by atoms with E-state index in [1.807, 2.05) is 9.80 Å². The molecule has 3 aromatic carbocycles. The summed E-state index contributed by atoms with van der Waals surface area (Å²) in [4.78, 5) is 28.1. The van der Waals surface area contributed by atoms with Gasteiger partial charge in [0, 0.05) is 37.4 Å². The fourth-order valence-corrected chi connectivity index (χ4v) is 3.76. The molecule has 4 rings (SSSR count). The minimum atomic E-state index is -1.12. The van der Waals surface area contributed by atoms with Crippen molar-refractivity contribution in [1.29, 1.82) is 0 Å². The summed E-state index contributed by atoms with van der Waals surface area (Å²) in [6.45, 7) is 2.14. The van der Waals surface area contributed by atoms with Gasteiger partial charge in [-0.1, -0.05) is 12.1 Å². The van der Waals surface area contributed by atoms with Crippen LogP contribution in [-0.2, 0) is 0 Å². The van der Waals surface area contributed by atoms with Crippen molar-refractivity contribution in [2.45, 2.75) is 0 Å². The first-order valence-corrected chi connectivity index (χ1v) is 10.1. The molecule has 0 atom stereocenters. The number of hydrogen-bond acceptors (Lipinski definition) is 4. The van der Waals surface area contributed by atoms with E-state index in [1.165, 1.54) is 36.4 Å². The van der Waals surface area contributed by atoms with Crippen LogP contribution in [0.15, 0.2) is 66.7 Å². The number of halogens is 2. The van der Waals surface area contributed by atoms with Crippen molar-refractivity contribution in [3.63, 3.8) is 0 Å². The van der Waals surface area contributed by atoms with E-state index in [1.54, 1.807) is 30.3 Å². The quantitative estimate of drug-likeness (QED) is 0.625. The van der Waals surface area contributed by atoms with Gasteiger partial charge in [-0.05, 0) is 54.6 Å². The lowest BCUT2D eigenvalue weighted by atomic mass is 10.1. The smallest absolute Gasteiger partial charge is 0.337 e. The lowest BCUT2D eigenvalue weighted by Gasteiger charge is -2.38. The van der Waals surface area contributed by atoms with Gasteiger partial charge in [0.25, 0.3) is 5.91 Å². The number of amides is 1. The molecule has 1 aliphatic rings. The van der Waals surface area contributed by atoms with Gasteiger partial charge < -0.3 is 20.2 Å². The second-order valence-electron chi connectivity index (χ2n) is 7.42. The molecule has 0 aliphatic carbocycles. The van der Waals surface area contributed by atoms with Crippen molar-refractivity contribution in [1.82, 2.24) is 0 Å². The van der Waals surface area contributed by atoms with Crippen LogP contribution in [0.5, 0.6) is 0 Å². The predicted molar refractivity (Wildman–Crippen MR) is 119 cm³/mol. The van der Waals surface area contributed by atoms with Crippen LogP contribution in [0.3, 0.4) is 0 Å². The van der Waals surface area contributed by atoms with Crippen LogP contribution in [0.4, 0.5) is 25.8 Å². The van der Waals surface area contributed by atoms with Gasteiger partial charge in [0.05, 0.1) is 16.9 Å². The number of nitrogens with zero attached hydrogens (tertiary/aromatic N) is 2. The first-order chi connectivity index (χ1) is 15.4. The monoisotopic (exact) mass is 437 g/mol. The maximum Gasteiger partial charge on any atom is 0.337 e. The molecule has 32 heavy (non-hydrogen) atoms. The van der Waals surface area contributed by atoms with Gasteiger partial charge >= 0.3 is 5.97 Å². The van der Waals surface area contributed by atoms with Gasteiger partial charge in [0.1, 0.15) is 11.6 Å². The summed E-state index contributed by atoms with van der Waals surface area (Å²) in [6, 6.07) is 16.3. The van der Waals surface area contributed by atoms with Crippen LogP contribution < -0.4 is 15.1 Å². The van der Waals surface area contributed by atoms with Crippen molar-refractivity contribution in [2.24, 2.45) is 0 Å². The first kappa shape index (κ1) is 21.3. The summed E-state index contributed by atoms with van der Waals surface area (Å²) >= 11 is 0. The maximum atomic E-state index is 14.1. The number of hydrogen-bond donors (Lipinski definition) is 2. The topological polar surface area (TPSA) is 72.9 Å². The van der Waals surface area contributed by atoms with E-state index < -0.39 is 17.7 Å². The van der Waals surface area contributed by atoms with Gasteiger partial charge in [-0.15, -0.1) is 0 Å². The number of carboxylic acid groups (broad SMARTS) is 1. The minimum Gasteiger partial charge on any atom is -0.478 e. The molecule has 0 radical (unpaired) electrons. The molecule has 0 aromatic heterocycles. The molecule has 1 fully saturated rings. The van der Waals surface area contributed by atoms with E-state index in [0.29, 0.717) is 43.2 Å². The van der Waals surface area contributed by atoms with Crippen molar-refractivity contribution in [3.05, 3.63) is 89.5 Å². The number of anilines is 3. The number of carbonyl (C=O) groups is 2. The molecule has 2 N–H and O–H groups in total. The summed E-state index contributed by atoms with van der Waals surface area (Å²) in [7, 11) is 0. The molecule has 0 saturated carbocycles. The van der Waals surface area contributed by atoms with E-state index in [9.17, 15) is 23.5 Å². The second kappa shape index (κ2) is 9.05. The first-order valence-electron chi connectivity index (χ1n) is 10.1. The average molecular weight is 437 g/mol. The van der Waals surface area contributed by atoms with E-state index in [4.69, 9.17) is 0 Å².